The van der Waals surface area contributed by atoms with Crippen molar-refractivity contribution in [1.29, 1.82) is 0 Å². The molecule has 192 valence electrons. The number of nitrogens with zero attached hydrogens (tertiary/aromatic N) is 5. The van der Waals surface area contributed by atoms with Crippen LogP contribution in [-0.4, -0.2) is 50.8 Å². The first kappa shape index (κ1) is 30.0. The Bertz CT molecular complexity index is 1290. The molecule has 0 aliphatic carbocycles. The Labute approximate surface area is 246 Å². The molecule has 0 fully saturated rings. The predicted molar refractivity (Wildman–Crippen MR) is 141 cm³/mol. The topological polar surface area (TPSA) is 102 Å². The van der Waals surface area contributed by atoms with Gasteiger partial charge in [0.2, 0.25) is 0 Å². The van der Waals surface area contributed by atoms with Crippen molar-refractivity contribution < 1.29 is 42.5 Å². The van der Waals surface area contributed by atoms with Gasteiger partial charge in [-0.3, -0.25) is 24.8 Å². The summed E-state index contributed by atoms with van der Waals surface area (Å²) in [6, 6.07) is 24.9. The van der Waals surface area contributed by atoms with Gasteiger partial charge in [-0.05, 0) is 47.5 Å². The first-order valence-electron chi connectivity index (χ1n) is 12.1. The minimum atomic E-state index is -4.31. The van der Waals surface area contributed by atoms with Gasteiger partial charge in [0, 0.05) is 57.9 Å². The van der Waals surface area contributed by atoms with E-state index < -0.39 is 15.9 Å². The molecule has 3 heterocycles. The summed E-state index contributed by atoms with van der Waals surface area (Å²) in [4.78, 5) is 18.2. The average Bonchev–Trinajstić information content (AvgIpc) is 2.89. The average molecular weight is 540 g/mol. The summed E-state index contributed by atoms with van der Waals surface area (Å²) in [5.74, 6) is -0.499. The maximum atomic E-state index is 11.1. The van der Waals surface area contributed by atoms with Gasteiger partial charge in [-0.15, -0.1) is 0 Å². The molecule has 38 heavy (non-hydrogen) atoms. The van der Waals surface area contributed by atoms with Gasteiger partial charge in [-0.25, -0.2) is 8.42 Å². The molecule has 0 spiro atoms. The number of rotatable bonds is 13. The van der Waals surface area contributed by atoms with Gasteiger partial charge in [0.25, 0.3) is 0 Å². The van der Waals surface area contributed by atoms with Gasteiger partial charge in [0.05, 0.1) is 33.0 Å². The number of hydrogen-bond acceptors (Lipinski definition) is 8. The fourth-order valence-electron chi connectivity index (χ4n) is 4.08. The molecule has 4 aromatic rings. The summed E-state index contributed by atoms with van der Waals surface area (Å²) in [5, 5.41) is 0. The zero-order chi connectivity index (χ0) is 25.9. The molecule has 3 aromatic heterocycles. The van der Waals surface area contributed by atoms with Crippen LogP contribution in [-0.2, 0) is 42.1 Å². The molecule has 0 N–H and O–H groups in total. The van der Waals surface area contributed by atoms with E-state index in [1.54, 1.807) is 18.3 Å². The van der Waals surface area contributed by atoms with E-state index in [2.05, 4.69) is 24.8 Å². The molecule has 10 heteroatoms. The molecule has 0 unspecified atom stereocenters. The van der Waals surface area contributed by atoms with Crippen LogP contribution in [0.15, 0.2) is 97.5 Å². The largest absolute Gasteiger partial charge is 1.00 e. The van der Waals surface area contributed by atoms with Crippen molar-refractivity contribution in [2.45, 2.75) is 31.9 Å². The molecular formula is C28H30N5NaO3S. The molecule has 0 aliphatic heterocycles. The molecule has 0 amide bonds. The summed E-state index contributed by atoms with van der Waals surface area (Å²) >= 11 is 0. The Morgan fingerprint density at radius 3 is 1.34 bits per heavy atom. The van der Waals surface area contributed by atoms with Gasteiger partial charge in [0.1, 0.15) is 0 Å². The fraction of sp³-hybridized carbons (Fsp3) is 0.250. The van der Waals surface area contributed by atoms with Crippen LogP contribution in [0.2, 0.25) is 0 Å². The van der Waals surface area contributed by atoms with Crippen LogP contribution < -0.4 is 29.6 Å². The summed E-state index contributed by atoms with van der Waals surface area (Å²) in [6.45, 7) is 4.28. The third-order valence-corrected chi connectivity index (χ3v) is 6.53. The van der Waals surface area contributed by atoms with Crippen LogP contribution in [0.5, 0.6) is 0 Å². The van der Waals surface area contributed by atoms with Crippen molar-refractivity contribution in [1.82, 2.24) is 24.8 Å². The Hall–Kier alpha value is -2.50. The quantitative estimate of drug-likeness (QED) is 0.180. The molecule has 0 aliphatic rings. The maximum Gasteiger partial charge on any atom is 1.00 e. The van der Waals surface area contributed by atoms with Crippen molar-refractivity contribution in [2.24, 2.45) is 0 Å². The van der Waals surface area contributed by atoms with Crippen molar-refractivity contribution in [3.63, 3.8) is 0 Å². The smallest absolute Gasteiger partial charge is 0.748 e. The van der Waals surface area contributed by atoms with Crippen molar-refractivity contribution in [3.05, 3.63) is 126 Å². The minimum absolute atomic E-state index is 0. The molecule has 1 aromatic carbocycles. The molecule has 8 nitrogen and oxygen atoms in total. The monoisotopic (exact) mass is 539 g/mol. The van der Waals surface area contributed by atoms with Gasteiger partial charge in [-0.2, -0.15) is 0 Å². The first-order valence-corrected chi connectivity index (χ1v) is 13.7. The second kappa shape index (κ2) is 15.2. The molecular weight excluding hydrogens is 509 g/mol. The van der Waals surface area contributed by atoms with E-state index in [0.29, 0.717) is 31.7 Å². The van der Waals surface area contributed by atoms with Crippen LogP contribution in [0, 0.1) is 0 Å². The Kier molecular flexibility index (Phi) is 12.0. The summed E-state index contributed by atoms with van der Waals surface area (Å²) < 4.78 is 33.3. The van der Waals surface area contributed by atoms with E-state index in [1.807, 2.05) is 79.1 Å². The van der Waals surface area contributed by atoms with Crippen LogP contribution in [0.3, 0.4) is 0 Å². The third kappa shape index (κ3) is 10.7. The van der Waals surface area contributed by atoms with Crippen LogP contribution >= 0.6 is 0 Å². The van der Waals surface area contributed by atoms with E-state index in [4.69, 9.17) is 0 Å². The molecule has 0 saturated heterocycles. The van der Waals surface area contributed by atoms with E-state index in [9.17, 15) is 13.0 Å². The minimum Gasteiger partial charge on any atom is -0.748 e. The maximum absolute atomic E-state index is 11.1. The van der Waals surface area contributed by atoms with Crippen molar-refractivity contribution >= 4 is 10.1 Å². The number of hydrogen-bond donors (Lipinski definition) is 0. The van der Waals surface area contributed by atoms with Crippen LogP contribution in [0.1, 0.15) is 28.2 Å². The summed E-state index contributed by atoms with van der Waals surface area (Å²) in [5.41, 5.74) is 4.49. The summed E-state index contributed by atoms with van der Waals surface area (Å²) in [6.07, 6.45) is 5.41. The Morgan fingerprint density at radius 2 is 0.974 bits per heavy atom. The molecule has 4 rings (SSSR count). The van der Waals surface area contributed by atoms with Gasteiger partial charge >= 0.3 is 29.6 Å². The molecule has 0 atom stereocenters. The number of benzene rings is 1. The first-order chi connectivity index (χ1) is 17.9. The standard InChI is InChI=1S/C28H31N5O3S.Na/c34-37(35,36)23-25-12-10-24(11-13-25)19-32(20-26-7-1-4-14-29-26)17-18-33(21-27-8-2-5-15-30-27)22-28-9-3-6-16-31-28;/h1-16H,17-23H2,(H,34,35,36);/q;+1/p-1. The predicted octanol–water partition coefficient (Wildman–Crippen LogP) is 0.625. The van der Waals surface area contributed by atoms with Crippen molar-refractivity contribution in [2.75, 3.05) is 13.1 Å². The number of pyridine rings is 3. The zero-order valence-corrected chi connectivity index (χ0v) is 24.4. The van der Waals surface area contributed by atoms with Crippen LogP contribution in [0.4, 0.5) is 0 Å². The van der Waals surface area contributed by atoms with Gasteiger partial charge in [-0.1, -0.05) is 42.5 Å². The van der Waals surface area contributed by atoms with E-state index in [-0.39, 0.29) is 29.6 Å². The fourth-order valence-corrected chi connectivity index (χ4v) is 4.68. The molecule has 0 saturated carbocycles. The normalized spacial score (nSPS) is 11.4. The molecule has 0 bridgehead atoms. The second-order valence-corrected chi connectivity index (χ2v) is 10.3. The van der Waals surface area contributed by atoms with Gasteiger partial charge in [0.15, 0.2) is 0 Å². The Balaban J connectivity index is 0.00000400. The SMILES string of the molecule is O=S(=O)([O-])Cc1ccc(CN(CCN(Cc2ccccn2)Cc2ccccn2)Cc2ccccn2)cc1.[Na+]. The Morgan fingerprint density at radius 1 is 0.579 bits per heavy atom. The molecule has 0 radical (unpaired) electrons. The second-order valence-electron chi connectivity index (χ2n) is 8.90. The van der Waals surface area contributed by atoms with E-state index >= 15 is 0 Å². The number of aromatic nitrogens is 3. The zero-order valence-electron chi connectivity index (χ0n) is 21.6. The third-order valence-electron chi connectivity index (χ3n) is 5.84. The van der Waals surface area contributed by atoms with Gasteiger partial charge < -0.3 is 4.55 Å². The van der Waals surface area contributed by atoms with Crippen LogP contribution in [0.25, 0.3) is 0 Å². The van der Waals surface area contributed by atoms with E-state index in [0.717, 1.165) is 35.7 Å². The van der Waals surface area contributed by atoms with E-state index in [1.165, 1.54) is 0 Å². The van der Waals surface area contributed by atoms with Crippen molar-refractivity contribution in [3.8, 4) is 0 Å². The summed E-state index contributed by atoms with van der Waals surface area (Å²) in [7, 11) is -4.31.